The summed E-state index contributed by atoms with van der Waals surface area (Å²) < 4.78 is 0. The fourth-order valence-electron chi connectivity index (χ4n) is 1.25. The SMILES string of the molecule is CCNC(C)c1cc(Cl)cc(Cl)c1. The maximum atomic E-state index is 5.88. The molecular weight excluding hydrogens is 205 g/mol. The van der Waals surface area contributed by atoms with E-state index >= 15 is 0 Å². The summed E-state index contributed by atoms with van der Waals surface area (Å²) in [4.78, 5) is 0. The Morgan fingerprint density at radius 1 is 1.23 bits per heavy atom. The van der Waals surface area contributed by atoms with E-state index in [1.54, 1.807) is 6.07 Å². The lowest BCUT2D eigenvalue weighted by Crippen LogP contribution is -2.17. The minimum absolute atomic E-state index is 0.293. The summed E-state index contributed by atoms with van der Waals surface area (Å²) in [7, 11) is 0. The molecule has 1 nitrogen and oxygen atoms in total. The molecule has 0 spiro atoms. The van der Waals surface area contributed by atoms with Gasteiger partial charge in [0.15, 0.2) is 0 Å². The Balaban J connectivity index is 2.87. The molecule has 0 saturated carbocycles. The summed E-state index contributed by atoms with van der Waals surface area (Å²) in [6.07, 6.45) is 0. The molecule has 1 atom stereocenters. The van der Waals surface area contributed by atoms with Gasteiger partial charge in [0.05, 0.1) is 0 Å². The average Bonchev–Trinajstić information content (AvgIpc) is 2.03. The zero-order valence-corrected chi connectivity index (χ0v) is 9.28. The van der Waals surface area contributed by atoms with Gasteiger partial charge >= 0.3 is 0 Å². The zero-order chi connectivity index (χ0) is 9.84. The van der Waals surface area contributed by atoms with Gasteiger partial charge < -0.3 is 5.32 Å². The third-order valence-electron chi connectivity index (χ3n) is 1.90. The van der Waals surface area contributed by atoms with Crippen LogP contribution in [-0.4, -0.2) is 6.54 Å². The lowest BCUT2D eigenvalue weighted by molar-refractivity contribution is 0.598. The van der Waals surface area contributed by atoms with Crippen molar-refractivity contribution in [3.05, 3.63) is 33.8 Å². The highest BCUT2D eigenvalue weighted by Gasteiger charge is 2.05. The molecule has 13 heavy (non-hydrogen) atoms. The van der Waals surface area contributed by atoms with Crippen molar-refractivity contribution in [3.63, 3.8) is 0 Å². The van der Waals surface area contributed by atoms with Gasteiger partial charge in [0.2, 0.25) is 0 Å². The molecule has 0 heterocycles. The lowest BCUT2D eigenvalue weighted by atomic mass is 10.1. The van der Waals surface area contributed by atoms with Crippen molar-refractivity contribution in [2.24, 2.45) is 0 Å². The Morgan fingerprint density at radius 2 is 1.77 bits per heavy atom. The van der Waals surface area contributed by atoms with Crippen molar-refractivity contribution in [1.29, 1.82) is 0 Å². The monoisotopic (exact) mass is 217 g/mol. The first kappa shape index (κ1) is 10.8. The summed E-state index contributed by atoms with van der Waals surface area (Å²) in [6.45, 7) is 5.10. The Kier molecular flexibility index (Phi) is 4.04. The highest BCUT2D eigenvalue weighted by Crippen LogP contribution is 2.23. The molecule has 0 fully saturated rings. The van der Waals surface area contributed by atoms with Crippen LogP contribution in [0.2, 0.25) is 10.0 Å². The summed E-state index contributed by atoms with van der Waals surface area (Å²) in [6, 6.07) is 5.90. The number of hydrogen-bond acceptors (Lipinski definition) is 1. The number of rotatable bonds is 3. The molecule has 0 amide bonds. The van der Waals surface area contributed by atoms with Crippen LogP contribution in [0.1, 0.15) is 25.5 Å². The second-order valence-corrected chi connectivity index (χ2v) is 3.86. The predicted molar refractivity (Wildman–Crippen MR) is 58.6 cm³/mol. The van der Waals surface area contributed by atoms with E-state index in [2.05, 4.69) is 19.2 Å². The van der Waals surface area contributed by atoms with Crippen molar-refractivity contribution in [2.75, 3.05) is 6.54 Å². The van der Waals surface area contributed by atoms with Gasteiger partial charge in [0.1, 0.15) is 0 Å². The molecule has 3 heteroatoms. The Bertz CT molecular complexity index is 266. The molecule has 1 N–H and O–H groups in total. The van der Waals surface area contributed by atoms with Crippen LogP contribution in [0.25, 0.3) is 0 Å². The van der Waals surface area contributed by atoms with E-state index < -0.39 is 0 Å². The van der Waals surface area contributed by atoms with Crippen LogP contribution in [0.5, 0.6) is 0 Å². The molecule has 72 valence electrons. The number of hydrogen-bond donors (Lipinski definition) is 1. The van der Waals surface area contributed by atoms with E-state index in [9.17, 15) is 0 Å². The topological polar surface area (TPSA) is 12.0 Å². The molecule has 0 aliphatic heterocycles. The van der Waals surface area contributed by atoms with Gasteiger partial charge in [-0.15, -0.1) is 0 Å². The van der Waals surface area contributed by atoms with Crippen molar-refractivity contribution in [3.8, 4) is 0 Å². The van der Waals surface area contributed by atoms with E-state index in [4.69, 9.17) is 23.2 Å². The summed E-state index contributed by atoms with van der Waals surface area (Å²) in [5.74, 6) is 0. The molecule has 0 radical (unpaired) electrons. The van der Waals surface area contributed by atoms with Gasteiger partial charge in [-0.05, 0) is 37.2 Å². The van der Waals surface area contributed by atoms with Gasteiger partial charge in [0, 0.05) is 16.1 Å². The second kappa shape index (κ2) is 4.85. The van der Waals surface area contributed by atoms with Crippen LogP contribution >= 0.6 is 23.2 Å². The third-order valence-corrected chi connectivity index (χ3v) is 2.33. The highest BCUT2D eigenvalue weighted by molar-refractivity contribution is 6.34. The van der Waals surface area contributed by atoms with E-state index in [1.165, 1.54) is 0 Å². The predicted octanol–water partition coefficient (Wildman–Crippen LogP) is 3.66. The van der Waals surface area contributed by atoms with Gasteiger partial charge in [-0.3, -0.25) is 0 Å². The summed E-state index contributed by atoms with van der Waals surface area (Å²) in [5.41, 5.74) is 1.12. The minimum Gasteiger partial charge on any atom is -0.310 e. The normalized spacial score (nSPS) is 12.9. The fourth-order valence-corrected chi connectivity index (χ4v) is 1.79. The van der Waals surface area contributed by atoms with E-state index in [1.807, 2.05) is 12.1 Å². The molecule has 1 aromatic rings. The van der Waals surface area contributed by atoms with Gasteiger partial charge in [0.25, 0.3) is 0 Å². The molecule has 1 unspecified atom stereocenters. The van der Waals surface area contributed by atoms with Crippen LogP contribution in [0.15, 0.2) is 18.2 Å². The molecule has 0 bridgehead atoms. The Labute approximate surface area is 89.0 Å². The van der Waals surface area contributed by atoms with E-state index in [0.29, 0.717) is 16.1 Å². The summed E-state index contributed by atoms with van der Waals surface area (Å²) >= 11 is 11.8. The van der Waals surface area contributed by atoms with Gasteiger partial charge in [-0.2, -0.15) is 0 Å². The number of benzene rings is 1. The molecular formula is C10H13Cl2N. The number of halogens is 2. The standard InChI is InChI=1S/C10H13Cl2N/c1-3-13-7(2)8-4-9(11)6-10(12)5-8/h4-7,13H,3H2,1-2H3. The van der Waals surface area contributed by atoms with Crippen molar-refractivity contribution < 1.29 is 0 Å². The smallest absolute Gasteiger partial charge is 0.0424 e. The summed E-state index contributed by atoms with van der Waals surface area (Å²) in [5, 5.41) is 4.67. The van der Waals surface area contributed by atoms with Crippen molar-refractivity contribution in [2.45, 2.75) is 19.9 Å². The van der Waals surface area contributed by atoms with Crippen molar-refractivity contribution >= 4 is 23.2 Å². The lowest BCUT2D eigenvalue weighted by Gasteiger charge is -2.13. The molecule has 0 aliphatic carbocycles. The maximum absolute atomic E-state index is 5.88. The quantitative estimate of drug-likeness (QED) is 0.816. The van der Waals surface area contributed by atoms with Gasteiger partial charge in [-0.25, -0.2) is 0 Å². The van der Waals surface area contributed by atoms with Crippen LogP contribution in [0, 0.1) is 0 Å². The fraction of sp³-hybridized carbons (Fsp3) is 0.400. The third kappa shape index (κ3) is 3.18. The number of nitrogens with one attached hydrogen (secondary N) is 1. The largest absolute Gasteiger partial charge is 0.310 e. The average molecular weight is 218 g/mol. The van der Waals surface area contributed by atoms with E-state index in [-0.39, 0.29) is 0 Å². The second-order valence-electron chi connectivity index (χ2n) is 2.98. The highest BCUT2D eigenvalue weighted by atomic mass is 35.5. The first-order valence-corrected chi connectivity index (χ1v) is 5.08. The van der Waals surface area contributed by atoms with Crippen LogP contribution in [0.3, 0.4) is 0 Å². The first-order valence-electron chi connectivity index (χ1n) is 4.33. The molecule has 0 aliphatic rings. The Hall–Kier alpha value is -0.240. The van der Waals surface area contributed by atoms with Crippen LogP contribution in [-0.2, 0) is 0 Å². The Morgan fingerprint density at radius 3 is 2.23 bits per heavy atom. The molecule has 0 aromatic heterocycles. The minimum atomic E-state index is 0.293. The van der Waals surface area contributed by atoms with E-state index in [0.717, 1.165) is 12.1 Å². The van der Waals surface area contributed by atoms with Gasteiger partial charge in [-0.1, -0.05) is 30.1 Å². The zero-order valence-electron chi connectivity index (χ0n) is 7.77. The maximum Gasteiger partial charge on any atom is 0.0424 e. The van der Waals surface area contributed by atoms with Crippen molar-refractivity contribution in [1.82, 2.24) is 5.32 Å². The molecule has 1 rings (SSSR count). The molecule has 0 saturated heterocycles. The molecule has 1 aromatic carbocycles. The first-order chi connectivity index (χ1) is 6.13. The van der Waals surface area contributed by atoms with Crippen LogP contribution < -0.4 is 5.32 Å². The van der Waals surface area contributed by atoms with Crippen LogP contribution in [0.4, 0.5) is 0 Å².